The minimum Gasteiger partial charge on any atom is -0.299 e. The molecule has 1 nitrogen and oxygen atoms in total. The van der Waals surface area contributed by atoms with Gasteiger partial charge in [0.25, 0.3) is 0 Å². The zero-order valence-electron chi connectivity index (χ0n) is 14.2. The van der Waals surface area contributed by atoms with Crippen molar-refractivity contribution in [3.8, 4) is 0 Å². The fraction of sp³-hybridized carbons (Fsp3) is 0.500. The largest absolute Gasteiger partial charge is 0.299 e. The van der Waals surface area contributed by atoms with E-state index < -0.39 is 0 Å². The zero-order chi connectivity index (χ0) is 15.7. The Kier molecular flexibility index (Phi) is 8.07. The van der Waals surface area contributed by atoms with Crippen molar-refractivity contribution in [2.75, 3.05) is 7.05 Å². The van der Waals surface area contributed by atoms with Gasteiger partial charge >= 0.3 is 0 Å². The SMILES string of the molecule is C=C/C=C\c1cc(CN(C)C(CCC)CCC)ccc1C. The Balaban J connectivity index is 2.81. The van der Waals surface area contributed by atoms with Gasteiger partial charge in [0, 0.05) is 12.6 Å². The quantitative estimate of drug-likeness (QED) is 0.534. The molecule has 0 amide bonds. The third kappa shape index (κ3) is 5.89. The van der Waals surface area contributed by atoms with Crippen LogP contribution in [0.2, 0.25) is 0 Å². The second-order valence-electron chi connectivity index (χ2n) is 5.93. The molecule has 0 atom stereocenters. The highest BCUT2D eigenvalue weighted by Crippen LogP contribution is 2.18. The lowest BCUT2D eigenvalue weighted by atomic mass is 10.0. The standard InChI is InChI=1S/C20H31N/c1-6-9-12-19-15-18(14-13-17(19)4)16-21(5)20(10-7-2)11-8-3/h6,9,12-15,20H,1,7-8,10-11,16H2,2-5H3/b12-9-. The maximum Gasteiger partial charge on any atom is 0.0233 e. The van der Waals surface area contributed by atoms with Gasteiger partial charge in [-0.25, -0.2) is 0 Å². The first kappa shape index (κ1) is 17.7. The van der Waals surface area contributed by atoms with Crippen LogP contribution in [0.3, 0.4) is 0 Å². The van der Waals surface area contributed by atoms with E-state index in [4.69, 9.17) is 0 Å². The molecule has 116 valence electrons. The lowest BCUT2D eigenvalue weighted by molar-refractivity contribution is 0.208. The summed E-state index contributed by atoms with van der Waals surface area (Å²) in [6.07, 6.45) is 11.1. The van der Waals surface area contributed by atoms with E-state index in [2.05, 4.69) is 63.6 Å². The van der Waals surface area contributed by atoms with E-state index in [0.29, 0.717) is 6.04 Å². The Bertz CT molecular complexity index is 453. The molecule has 1 rings (SSSR count). The van der Waals surface area contributed by atoms with Crippen LogP contribution in [0.4, 0.5) is 0 Å². The predicted octanol–water partition coefficient (Wildman–Crippen LogP) is 5.59. The Hall–Kier alpha value is -1.34. The molecule has 0 saturated heterocycles. The summed E-state index contributed by atoms with van der Waals surface area (Å²) in [6, 6.07) is 7.49. The molecule has 1 aromatic rings. The number of hydrogen-bond acceptors (Lipinski definition) is 1. The molecule has 0 aliphatic carbocycles. The van der Waals surface area contributed by atoms with Crippen LogP contribution in [0.5, 0.6) is 0 Å². The van der Waals surface area contributed by atoms with E-state index in [1.165, 1.54) is 42.4 Å². The van der Waals surface area contributed by atoms with E-state index in [9.17, 15) is 0 Å². The maximum absolute atomic E-state index is 3.75. The number of allylic oxidation sites excluding steroid dienone is 2. The zero-order valence-corrected chi connectivity index (χ0v) is 14.2. The van der Waals surface area contributed by atoms with Gasteiger partial charge in [0.05, 0.1) is 0 Å². The van der Waals surface area contributed by atoms with Crippen LogP contribution in [0.1, 0.15) is 56.2 Å². The molecule has 0 radical (unpaired) electrons. The van der Waals surface area contributed by atoms with Crippen LogP contribution in [-0.4, -0.2) is 18.0 Å². The molecule has 0 aliphatic heterocycles. The Labute approximate surface area is 131 Å². The minimum atomic E-state index is 0.702. The molecule has 0 aromatic heterocycles. The molecule has 0 aliphatic rings. The molecule has 0 saturated carbocycles. The van der Waals surface area contributed by atoms with Gasteiger partial charge in [-0.15, -0.1) is 0 Å². The molecule has 1 aromatic carbocycles. The van der Waals surface area contributed by atoms with E-state index in [1.807, 2.05) is 12.2 Å². The van der Waals surface area contributed by atoms with Crippen molar-refractivity contribution in [1.82, 2.24) is 4.90 Å². The summed E-state index contributed by atoms with van der Waals surface area (Å²) in [7, 11) is 2.26. The van der Waals surface area contributed by atoms with Gasteiger partial charge in [-0.3, -0.25) is 4.90 Å². The fourth-order valence-corrected chi connectivity index (χ4v) is 2.81. The second kappa shape index (κ2) is 9.57. The molecular formula is C20H31N. The van der Waals surface area contributed by atoms with Crippen molar-refractivity contribution in [3.63, 3.8) is 0 Å². The number of rotatable bonds is 9. The first-order valence-electron chi connectivity index (χ1n) is 8.21. The first-order chi connectivity index (χ1) is 10.1. The summed E-state index contributed by atoms with van der Waals surface area (Å²) in [5.74, 6) is 0. The van der Waals surface area contributed by atoms with Gasteiger partial charge in [-0.1, -0.05) is 69.7 Å². The van der Waals surface area contributed by atoms with E-state index in [0.717, 1.165) is 6.54 Å². The van der Waals surface area contributed by atoms with E-state index in [1.54, 1.807) is 0 Å². The molecular weight excluding hydrogens is 254 g/mol. The highest BCUT2D eigenvalue weighted by Gasteiger charge is 2.13. The molecule has 0 N–H and O–H groups in total. The molecule has 21 heavy (non-hydrogen) atoms. The highest BCUT2D eigenvalue weighted by molar-refractivity contribution is 5.55. The fourth-order valence-electron chi connectivity index (χ4n) is 2.81. The monoisotopic (exact) mass is 285 g/mol. The lowest BCUT2D eigenvalue weighted by Gasteiger charge is -2.28. The van der Waals surface area contributed by atoms with Crippen molar-refractivity contribution in [1.29, 1.82) is 0 Å². The van der Waals surface area contributed by atoms with E-state index >= 15 is 0 Å². The molecule has 1 heteroatoms. The normalized spacial score (nSPS) is 11.7. The van der Waals surface area contributed by atoms with Crippen LogP contribution in [0.25, 0.3) is 6.08 Å². The average Bonchev–Trinajstić information content (AvgIpc) is 2.47. The smallest absolute Gasteiger partial charge is 0.0233 e. The van der Waals surface area contributed by atoms with Gasteiger partial charge in [0.1, 0.15) is 0 Å². The molecule has 0 heterocycles. The number of nitrogens with zero attached hydrogens (tertiary/aromatic N) is 1. The summed E-state index contributed by atoms with van der Waals surface area (Å²) in [5.41, 5.74) is 4.01. The van der Waals surface area contributed by atoms with Gasteiger partial charge in [-0.2, -0.15) is 0 Å². The first-order valence-corrected chi connectivity index (χ1v) is 8.21. The van der Waals surface area contributed by atoms with Crippen LogP contribution < -0.4 is 0 Å². The summed E-state index contributed by atoms with van der Waals surface area (Å²) >= 11 is 0. The lowest BCUT2D eigenvalue weighted by Crippen LogP contribution is -2.31. The number of aryl methyl sites for hydroxylation is 1. The maximum atomic E-state index is 3.75. The molecule has 0 spiro atoms. The Morgan fingerprint density at radius 3 is 2.43 bits per heavy atom. The van der Waals surface area contributed by atoms with E-state index in [-0.39, 0.29) is 0 Å². The van der Waals surface area contributed by atoms with Gasteiger partial charge in [-0.05, 0) is 43.5 Å². The van der Waals surface area contributed by atoms with Gasteiger partial charge < -0.3 is 0 Å². The predicted molar refractivity (Wildman–Crippen MR) is 95.5 cm³/mol. The third-order valence-electron chi connectivity index (χ3n) is 4.05. The topological polar surface area (TPSA) is 3.24 Å². The van der Waals surface area contributed by atoms with Crippen molar-refractivity contribution < 1.29 is 0 Å². The Morgan fingerprint density at radius 2 is 1.86 bits per heavy atom. The molecule has 0 unspecified atom stereocenters. The van der Waals surface area contributed by atoms with Gasteiger partial charge in [0.15, 0.2) is 0 Å². The number of hydrogen-bond donors (Lipinski definition) is 0. The number of benzene rings is 1. The molecule has 0 fully saturated rings. The third-order valence-corrected chi connectivity index (χ3v) is 4.05. The van der Waals surface area contributed by atoms with Crippen LogP contribution >= 0.6 is 0 Å². The van der Waals surface area contributed by atoms with Crippen molar-refractivity contribution in [2.45, 2.75) is 59.0 Å². The minimum absolute atomic E-state index is 0.702. The average molecular weight is 285 g/mol. The summed E-state index contributed by atoms with van der Waals surface area (Å²) < 4.78 is 0. The van der Waals surface area contributed by atoms with Crippen molar-refractivity contribution >= 4 is 6.08 Å². The summed E-state index contributed by atoms with van der Waals surface area (Å²) in [5, 5.41) is 0. The summed E-state index contributed by atoms with van der Waals surface area (Å²) in [6.45, 7) is 11.5. The Morgan fingerprint density at radius 1 is 1.19 bits per heavy atom. The van der Waals surface area contributed by atoms with Crippen LogP contribution in [0.15, 0.2) is 36.9 Å². The second-order valence-corrected chi connectivity index (χ2v) is 5.93. The van der Waals surface area contributed by atoms with Crippen LogP contribution in [0, 0.1) is 6.92 Å². The highest BCUT2D eigenvalue weighted by atomic mass is 15.1. The van der Waals surface area contributed by atoms with Crippen LogP contribution in [-0.2, 0) is 6.54 Å². The van der Waals surface area contributed by atoms with Crippen molar-refractivity contribution in [2.24, 2.45) is 0 Å². The molecule has 0 bridgehead atoms. The van der Waals surface area contributed by atoms with Crippen molar-refractivity contribution in [3.05, 3.63) is 53.6 Å². The summed E-state index contributed by atoms with van der Waals surface area (Å²) in [4.78, 5) is 2.51. The van der Waals surface area contributed by atoms with Gasteiger partial charge in [0.2, 0.25) is 0 Å².